The van der Waals surface area contributed by atoms with E-state index in [-0.39, 0.29) is 5.69 Å². The zero-order valence-electron chi connectivity index (χ0n) is 12.5. The van der Waals surface area contributed by atoms with Gasteiger partial charge < -0.3 is 10.4 Å². The number of nitrogens with one attached hydrogen (secondary N) is 1. The molecule has 1 atom stereocenters. The third-order valence-corrected chi connectivity index (χ3v) is 3.29. The Bertz CT molecular complexity index is 782. The van der Waals surface area contributed by atoms with Gasteiger partial charge in [-0.3, -0.25) is 8.98 Å². The van der Waals surface area contributed by atoms with Crippen LogP contribution in [0, 0.1) is 11.3 Å². The number of nitriles is 1. The van der Waals surface area contributed by atoms with Crippen LogP contribution in [0.25, 0.3) is 0 Å². The van der Waals surface area contributed by atoms with E-state index in [2.05, 4.69) is 4.18 Å². The number of halogens is 3. The van der Waals surface area contributed by atoms with Crippen LogP contribution in [0.4, 0.5) is 18.9 Å². The van der Waals surface area contributed by atoms with Crippen molar-refractivity contribution >= 4 is 21.7 Å². The van der Waals surface area contributed by atoms with Gasteiger partial charge in [0.25, 0.3) is 16.0 Å². The Morgan fingerprint density at radius 2 is 2.00 bits per heavy atom. The lowest BCUT2D eigenvalue weighted by Gasteiger charge is -2.21. The van der Waals surface area contributed by atoms with E-state index in [1.54, 1.807) is 0 Å². The first kappa shape index (κ1) is 19.9. The Morgan fingerprint density at radius 3 is 2.46 bits per heavy atom. The number of carbonyl (C=O) groups excluding carboxylic acids is 1. The minimum atomic E-state index is -4.81. The van der Waals surface area contributed by atoms with E-state index in [0.29, 0.717) is 12.3 Å². The Kier molecular flexibility index (Phi) is 5.60. The second kappa shape index (κ2) is 6.76. The lowest BCUT2D eigenvalue weighted by molar-refractivity contribution is -0.138. The number of anilines is 1. The molecule has 0 aliphatic carbocycles. The molecule has 0 aromatic heterocycles. The van der Waals surface area contributed by atoms with Crippen molar-refractivity contribution in [3.63, 3.8) is 0 Å². The summed E-state index contributed by atoms with van der Waals surface area (Å²) < 4.78 is 64.5. The van der Waals surface area contributed by atoms with E-state index >= 15 is 0 Å². The topological polar surface area (TPSA) is 116 Å². The maximum absolute atomic E-state index is 12.8. The minimum Gasteiger partial charge on any atom is -0.378 e. The standard InChI is InChI=1S/C13H13F3N2O5S/c1-12(20,7-23-24(2,21)22)11(19)18-9-4-3-8(6-17)10(5-9)13(14,15)16/h3-5,20H,7H2,1-2H3,(H,18,19)/t12-/m0/s1. The Balaban J connectivity index is 3.01. The van der Waals surface area contributed by atoms with E-state index in [0.717, 1.165) is 19.1 Å². The van der Waals surface area contributed by atoms with E-state index < -0.39 is 45.5 Å². The normalized spacial score (nSPS) is 14.5. The number of carbonyl (C=O) groups is 1. The highest BCUT2D eigenvalue weighted by Crippen LogP contribution is 2.33. The number of aliphatic hydroxyl groups is 1. The molecule has 0 aliphatic rings. The number of hydrogen-bond acceptors (Lipinski definition) is 6. The maximum atomic E-state index is 12.8. The van der Waals surface area contributed by atoms with Crippen LogP contribution >= 0.6 is 0 Å². The second-order valence-electron chi connectivity index (χ2n) is 5.06. The summed E-state index contributed by atoms with van der Waals surface area (Å²) >= 11 is 0. The zero-order chi connectivity index (χ0) is 18.8. The lowest BCUT2D eigenvalue weighted by Crippen LogP contribution is -2.44. The quantitative estimate of drug-likeness (QED) is 0.758. The van der Waals surface area contributed by atoms with Gasteiger partial charge >= 0.3 is 6.18 Å². The lowest BCUT2D eigenvalue weighted by atomic mass is 10.1. The molecule has 1 rings (SSSR count). The summed E-state index contributed by atoms with van der Waals surface area (Å²) in [6.07, 6.45) is -4.11. The number of benzene rings is 1. The van der Waals surface area contributed by atoms with Crippen molar-refractivity contribution in [1.29, 1.82) is 5.26 Å². The third kappa shape index (κ3) is 5.48. The van der Waals surface area contributed by atoms with Crippen molar-refractivity contribution in [2.75, 3.05) is 18.2 Å². The molecule has 0 unspecified atom stereocenters. The predicted octanol–water partition coefficient (Wildman–Crippen LogP) is 1.24. The van der Waals surface area contributed by atoms with Gasteiger partial charge in [0.05, 0.1) is 23.5 Å². The molecule has 0 radical (unpaired) electrons. The van der Waals surface area contributed by atoms with Crippen LogP contribution in [-0.4, -0.2) is 37.9 Å². The van der Waals surface area contributed by atoms with E-state index in [1.165, 1.54) is 6.07 Å². The Labute approximate surface area is 135 Å². The van der Waals surface area contributed by atoms with Gasteiger partial charge in [-0.2, -0.15) is 26.9 Å². The van der Waals surface area contributed by atoms with Gasteiger partial charge in [0, 0.05) is 5.69 Å². The summed E-state index contributed by atoms with van der Waals surface area (Å²) in [5.74, 6) is -1.18. The molecule has 0 heterocycles. The van der Waals surface area contributed by atoms with Gasteiger partial charge in [0.15, 0.2) is 5.60 Å². The smallest absolute Gasteiger partial charge is 0.378 e. The molecule has 0 spiro atoms. The maximum Gasteiger partial charge on any atom is 0.417 e. The predicted molar refractivity (Wildman–Crippen MR) is 76.2 cm³/mol. The van der Waals surface area contributed by atoms with Crippen molar-refractivity contribution in [1.82, 2.24) is 0 Å². The van der Waals surface area contributed by atoms with Crippen LogP contribution < -0.4 is 5.32 Å². The third-order valence-electron chi connectivity index (χ3n) is 2.75. The summed E-state index contributed by atoms with van der Waals surface area (Å²) in [6.45, 7) is 0.0158. The molecular formula is C13H13F3N2O5S. The van der Waals surface area contributed by atoms with Gasteiger partial charge in [-0.05, 0) is 25.1 Å². The summed E-state index contributed by atoms with van der Waals surface area (Å²) in [4.78, 5) is 11.9. The molecule has 1 amide bonds. The molecule has 7 nitrogen and oxygen atoms in total. The first-order valence-electron chi connectivity index (χ1n) is 6.26. The van der Waals surface area contributed by atoms with Crippen molar-refractivity contribution in [3.8, 4) is 6.07 Å². The van der Waals surface area contributed by atoms with Crippen LogP contribution in [0.3, 0.4) is 0 Å². The van der Waals surface area contributed by atoms with Crippen molar-refractivity contribution in [2.24, 2.45) is 0 Å². The number of amides is 1. The van der Waals surface area contributed by atoms with Crippen LogP contribution in [0.2, 0.25) is 0 Å². The fourth-order valence-corrected chi connectivity index (χ4v) is 1.95. The first-order valence-corrected chi connectivity index (χ1v) is 8.07. The largest absolute Gasteiger partial charge is 0.417 e. The van der Waals surface area contributed by atoms with Crippen LogP contribution in [0.1, 0.15) is 18.1 Å². The van der Waals surface area contributed by atoms with Gasteiger partial charge in [-0.1, -0.05) is 0 Å². The average molecular weight is 366 g/mol. The van der Waals surface area contributed by atoms with Crippen LogP contribution in [0.5, 0.6) is 0 Å². The van der Waals surface area contributed by atoms with E-state index in [9.17, 15) is 31.5 Å². The number of hydrogen-bond donors (Lipinski definition) is 2. The average Bonchev–Trinajstić information content (AvgIpc) is 2.43. The van der Waals surface area contributed by atoms with Crippen molar-refractivity contribution in [3.05, 3.63) is 29.3 Å². The molecule has 0 saturated carbocycles. The van der Waals surface area contributed by atoms with Crippen LogP contribution in [0.15, 0.2) is 18.2 Å². The van der Waals surface area contributed by atoms with Gasteiger partial charge in [-0.15, -0.1) is 0 Å². The molecule has 1 aromatic carbocycles. The molecule has 0 bridgehead atoms. The van der Waals surface area contributed by atoms with Crippen LogP contribution in [-0.2, 0) is 25.3 Å². The zero-order valence-corrected chi connectivity index (χ0v) is 13.3. The van der Waals surface area contributed by atoms with Gasteiger partial charge in [0.2, 0.25) is 0 Å². The molecule has 132 valence electrons. The summed E-state index contributed by atoms with van der Waals surface area (Å²) in [5.41, 5.74) is -4.52. The number of nitrogens with zero attached hydrogens (tertiary/aromatic N) is 1. The monoisotopic (exact) mass is 366 g/mol. The van der Waals surface area contributed by atoms with Crippen molar-refractivity contribution in [2.45, 2.75) is 18.7 Å². The summed E-state index contributed by atoms with van der Waals surface area (Å²) in [6, 6.07) is 3.81. The number of alkyl halides is 3. The highest BCUT2D eigenvalue weighted by molar-refractivity contribution is 7.85. The van der Waals surface area contributed by atoms with E-state index in [4.69, 9.17) is 5.26 Å². The molecule has 2 N–H and O–H groups in total. The fourth-order valence-electron chi connectivity index (χ4n) is 1.51. The minimum absolute atomic E-state index is 0.328. The molecule has 24 heavy (non-hydrogen) atoms. The molecule has 0 aliphatic heterocycles. The molecule has 0 saturated heterocycles. The highest BCUT2D eigenvalue weighted by atomic mass is 32.2. The molecule has 11 heteroatoms. The highest BCUT2D eigenvalue weighted by Gasteiger charge is 2.35. The first-order chi connectivity index (χ1) is 10.8. The summed E-state index contributed by atoms with van der Waals surface area (Å²) in [5, 5.41) is 20.5. The summed E-state index contributed by atoms with van der Waals surface area (Å²) in [7, 11) is -3.92. The van der Waals surface area contributed by atoms with Gasteiger partial charge in [0.1, 0.15) is 6.61 Å². The number of rotatable bonds is 5. The second-order valence-corrected chi connectivity index (χ2v) is 6.71. The van der Waals surface area contributed by atoms with E-state index in [1.807, 2.05) is 5.32 Å². The Hall–Kier alpha value is -2.16. The SMILES string of the molecule is C[C@](O)(COS(C)(=O)=O)C(=O)Nc1ccc(C#N)c(C(F)(F)F)c1. The van der Waals surface area contributed by atoms with Gasteiger partial charge in [-0.25, -0.2) is 0 Å². The molecule has 0 fully saturated rings. The fraction of sp³-hybridized carbons (Fsp3) is 0.385. The molecule has 1 aromatic rings. The molecular weight excluding hydrogens is 353 g/mol. The Morgan fingerprint density at radius 1 is 1.42 bits per heavy atom. The van der Waals surface area contributed by atoms with Crippen molar-refractivity contribution < 1.29 is 35.7 Å².